The van der Waals surface area contributed by atoms with E-state index in [1.807, 2.05) is 32.0 Å². The van der Waals surface area contributed by atoms with Gasteiger partial charge in [0.2, 0.25) is 0 Å². The van der Waals surface area contributed by atoms with E-state index in [-0.39, 0.29) is 37.2 Å². The first-order chi connectivity index (χ1) is 12.4. The number of rotatable bonds is 7. The monoisotopic (exact) mass is 359 g/mol. The largest absolute Gasteiger partial charge is 0.456 e. The average Bonchev–Trinajstić information content (AvgIpc) is 2.62. The highest BCUT2D eigenvalue weighted by atomic mass is 16.5. The molecule has 1 aromatic rings. The molecule has 1 aliphatic carbocycles. The molecular formula is C21H29NO4. The van der Waals surface area contributed by atoms with E-state index in [1.54, 1.807) is 0 Å². The summed E-state index contributed by atoms with van der Waals surface area (Å²) in [5.41, 5.74) is 2.55. The molecule has 142 valence electrons. The fraction of sp³-hybridized carbons (Fsp3) is 0.571. The molecule has 2 atom stereocenters. The Morgan fingerprint density at radius 1 is 1.12 bits per heavy atom. The van der Waals surface area contributed by atoms with Crippen molar-refractivity contribution in [3.63, 3.8) is 0 Å². The third-order valence-corrected chi connectivity index (χ3v) is 5.07. The molecule has 0 heterocycles. The van der Waals surface area contributed by atoms with Crippen molar-refractivity contribution in [2.24, 2.45) is 5.92 Å². The Morgan fingerprint density at radius 2 is 1.85 bits per heavy atom. The number of ketones is 1. The Bertz CT molecular complexity index is 668. The zero-order chi connectivity index (χ0) is 19.1. The van der Waals surface area contributed by atoms with Crippen molar-refractivity contribution in [2.75, 3.05) is 6.61 Å². The number of nitrogens with one attached hydrogen (secondary N) is 1. The number of esters is 1. The van der Waals surface area contributed by atoms with Crippen molar-refractivity contribution >= 4 is 17.7 Å². The van der Waals surface area contributed by atoms with Gasteiger partial charge in [-0.1, -0.05) is 37.5 Å². The van der Waals surface area contributed by atoms with Gasteiger partial charge in [-0.2, -0.15) is 0 Å². The zero-order valence-corrected chi connectivity index (χ0v) is 16.0. The third kappa shape index (κ3) is 5.97. The lowest BCUT2D eigenvalue weighted by Gasteiger charge is -2.29. The highest BCUT2D eigenvalue weighted by molar-refractivity contribution is 5.99. The Balaban J connectivity index is 1.72. The Hall–Kier alpha value is -2.17. The molecule has 2 rings (SSSR count). The lowest BCUT2D eigenvalue weighted by Crippen LogP contribution is -2.42. The number of carbonyl (C=O) groups is 3. The Labute approximate surface area is 155 Å². The summed E-state index contributed by atoms with van der Waals surface area (Å²) in [7, 11) is 0. The van der Waals surface area contributed by atoms with Crippen LogP contribution >= 0.6 is 0 Å². The van der Waals surface area contributed by atoms with Gasteiger partial charge in [-0.3, -0.25) is 14.4 Å². The summed E-state index contributed by atoms with van der Waals surface area (Å²) in [6.07, 6.45) is 4.49. The molecule has 1 amide bonds. The number of ether oxygens (including phenoxy) is 1. The van der Waals surface area contributed by atoms with Crippen LogP contribution in [0.3, 0.4) is 0 Å². The van der Waals surface area contributed by atoms with Crippen LogP contribution in [0, 0.1) is 19.8 Å². The molecule has 0 aliphatic heterocycles. The van der Waals surface area contributed by atoms with Crippen molar-refractivity contribution in [1.29, 1.82) is 0 Å². The molecule has 1 fully saturated rings. The molecule has 5 nitrogen and oxygen atoms in total. The number of hydrogen-bond acceptors (Lipinski definition) is 4. The highest BCUT2D eigenvalue weighted by Crippen LogP contribution is 2.23. The maximum Gasteiger partial charge on any atom is 0.306 e. The van der Waals surface area contributed by atoms with Crippen molar-refractivity contribution in [1.82, 2.24) is 5.32 Å². The Morgan fingerprint density at radius 3 is 2.58 bits per heavy atom. The molecule has 1 aromatic carbocycles. The summed E-state index contributed by atoms with van der Waals surface area (Å²) in [4.78, 5) is 36.1. The molecule has 5 heteroatoms. The number of Topliss-reactive ketones (excluding diaryl/α,β-unsaturated/α-hetero) is 1. The molecule has 0 radical (unpaired) electrons. The van der Waals surface area contributed by atoms with Crippen molar-refractivity contribution in [2.45, 2.75) is 65.3 Å². The summed E-state index contributed by atoms with van der Waals surface area (Å²) in [5.74, 6) is -0.407. The van der Waals surface area contributed by atoms with E-state index in [2.05, 4.69) is 12.2 Å². The summed E-state index contributed by atoms with van der Waals surface area (Å²) in [6, 6.07) is 5.85. The lowest BCUT2D eigenvalue weighted by molar-refractivity contribution is -0.148. The summed E-state index contributed by atoms with van der Waals surface area (Å²) in [5, 5.41) is 2.95. The van der Waals surface area contributed by atoms with Gasteiger partial charge in [0.25, 0.3) is 5.91 Å². The first-order valence-corrected chi connectivity index (χ1v) is 9.42. The first-order valence-electron chi connectivity index (χ1n) is 9.42. The smallest absolute Gasteiger partial charge is 0.306 e. The van der Waals surface area contributed by atoms with Crippen LogP contribution in [0.25, 0.3) is 0 Å². The predicted octanol–water partition coefficient (Wildman–Crippen LogP) is 3.50. The normalized spacial score (nSPS) is 19.7. The van der Waals surface area contributed by atoms with Gasteiger partial charge in [-0.05, 0) is 44.2 Å². The second-order valence-corrected chi connectivity index (χ2v) is 7.34. The van der Waals surface area contributed by atoms with Crippen LogP contribution in [-0.4, -0.2) is 30.3 Å². The van der Waals surface area contributed by atoms with Gasteiger partial charge in [-0.15, -0.1) is 0 Å². The van der Waals surface area contributed by atoms with Gasteiger partial charge < -0.3 is 10.1 Å². The van der Waals surface area contributed by atoms with Crippen molar-refractivity contribution < 1.29 is 19.1 Å². The Kier molecular flexibility index (Phi) is 7.37. The third-order valence-electron chi connectivity index (χ3n) is 5.07. The van der Waals surface area contributed by atoms with Gasteiger partial charge >= 0.3 is 5.97 Å². The van der Waals surface area contributed by atoms with E-state index < -0.39 is 5.97 Å². The van der Waals surface area contributed by atoms with E-state index in [1.165, 1.54) is 6.42 Å². The van der Waals surface area contributed by atoms with Crippen LogP contribution in [0.2, 0.25) is 0 Å². The predicted molar refractivity (Wildman–Crippen MR) is 100 cm³/mol. The van der Waals surface area contributed by atoms with Crippen LogP contribution in [0.1, 0.15) is 66.9 Å². The number of amides is 1. The fourth-order valence-corrected chi connectivity index (χ4v) is 3.38. The van der Waals surface area contributed by atoms with E-state index in [4.69, 9.17) is 4.74 Å². The second-order valence-electron chi connectivity index (χ2n) is 7.34. The van der Waals surface area contributed by atoms with E-state index >= 15 is 0 Å². The topological polar surface area (TPSA) is 72.5 Å². The average molecular weight is 359 g/mol. The van der Waals surface area contributed by atoms with Crippen molar-refractivity contribution in [3.05, 3.63) is 34.9 Å². The maximum atomic E-state index is 12.3. The zero-order valence-electron chi connectivity index (χ0n) is 16.0. The molecule has 0 spiro atoms. The molecular weight excluding hydrogens is 330 g/mol. The molecule has 0 bridgehead atoms. The van der Waals surface area contributed by atoms with Crippen LogP contribution in [-0.2, 0) is 14.3 Å². The van der Waals surface area contributed by atoms with Crippen LogP contribution in [0.15, 0.2) is 18.2 Å². The minimum Gasteiger partial charge on any atom is -0.456 e. The molecule has 26 heavy (non-hydrogen) atoms. The van der Waals surface area contributed by atoms with Gasteiger partial charge in [-0.25, -0.2) is 0 Å². The van der Waals surface area contributed by atoms with Crippen LogP contribution in [0.5, 0.6) is 0 Å². The maximum absolute atomic E-state index is 12.3. The summed E-state index contributed by atoms with van der Waals surface area (Å²) in [6.45, 7) is 5.66. The number of carbonyl (C=O) groups excluding carboxylic acids is 3. The minimum atomic E-state index is -0.518. The number of benzene rings is 1. The molecule has 0 aromatic heterocycles. The molecule has 1 saturated carbocycles. The highest BCUT2D eigenvalue weighted by Gasteiger charge is 2.23. The quantitative estimate of drug-likeness (QED) is 0.597. The molecule has 1 aliphatic rings. The standard InChI is InChI=1S/C21H29NO4/c1-14-8-9-15(2)17(12-14)19(23)10-11-21(25)26-13-20(24)22-18-7-5-4-6-16(18)3/h8-9,12,16,18H,4-7,10-11,13H2,1-3H3,(H,22,24)/t16-,18-/m0/s1. The lowest BCUT2D eigenvalue weighted by atomic mass is 9.86. The summed E-state index contributed by atoms with van der Waals surface area (Å²) < 4.78 is 5.02. The van der Waals surface area contributed by atoms with Gasteiger partial charge in [0, 0.05) is 18.0 Å². The SMILES string of the molecule is Cc1ccc(C)c(C(=O)CCC(=O)OCC(=O)N[C@H]2CCCC[C@@H]2C)c1. The second kappa shape index (κ2) is 9.51. The molecule has 1 N–H and O–H groups in total. The van der Waals surface area contributed by atoms with Gasteiger partial charge in [0.15, 0.2) is 12.4 Å². The summed E-state index contributed by atoms with van der Waals surface area (Å²) >= 11 is 0. The molecule has 0 saturated heterocycles. The van der Waals surface area contributed by atoms with E-state index in [0.717, 1.165) is 30.4 Å². The van der Waals surface area contributed by atoms with Crippen molar-refractivity contribution in [3.8, 4) is 0 Å². The minimum absolute atomic E-state index is 0.0146. The molecule has 0 unspecified atom stereocenters. The van der Waals surface area contributed by atoms with E-state index in [0.29, 0.717) is 11.5 Å². The van der Waals surface area contributed by atoms with Gasteiger partial charge in [0.05, 0.1) is 6.42 Å². The fourth-order valence-electron chi connectivity index (χ4n) is 3.38. The first kappa shape index (κ1) is 20.1. The van der Waals surface area contributed by atoms with Gasteiger partial charge in [0.1, 0.15) is 0 Å². The van der Waals surface area contributed by atoms with Crippen LogP contribution in [0.4, 0.5) is 0 Å². The van der Waals surface area contributed by atoms with E-state index in [9.17, 15) is 14.4 Å². The number of hydrogen-bond donors (Lipinski definition) is 1. The van der Waals surface area contributed by atoms with Crippen LogP contribution < -0.4 is 5.32 Å². The number of aryl methyl sites for hydroxylation is 2.